The second-order valence-corrected chi connectivity index (χ2v) is 8.42. The Morgan fingerprint density at radius 3 is 2.46 bits per heavy atom. The van der Waals surface area contributed by atoms with Crippen molar-refractivity contribution >= 4 is 29.4 Å². The second-order valence-electron chi connectivity index (χ2n) is 8.01. The first kappa shape index (κ1) is 24.0. The molecule has 0 fully saturated rings. The highest BCUT2D eigenvalue weighted by atomic mass is 35.5. The molecule has 0 aliphatic heterocycles. The summed E-state index contributed by atoms with van der Waals surface area (Å²) in [6, 6.07) is 22.1. The molecule has 0 spiro atoms. The number of anilines is 1. The lowest BCUT2D eigenvalue weighted by molar-refractivity contribution is -0.136. The van der Waals surface area contributed by atoms with Crippen molar-refractivity contribution < 1.29 is 24.0 Å². The van der Waals surface area contributed by atoms with Gasteiger partial charge in [-0.25, -0.2) is 4.79 Å². The largest absolute Gasteiger partial charge is 0.481 e. The van der Waals surface area contributed by atoms with Crippen LogP contribution < -0.4 is 5.32 Å². The van der Waals surface area contributed by atoms with Crippen molar-refractivity contribution in [3.05, 3.63) is 94.6 Å². The number of nitrogens with zero attached hydrogens (tertiary/aromatic N) is 1. The van der Waals surface area contributed by atoms with Crippen LogP contribution in [0.25, 0.3) is 22.5 Å². The monoisotopic (exact) mass is 490 g/mol. The quantitative estimate of drug-likeness (QED) is 0.292. The Balaban J connectivity index is 1.51. The Bertz CT molecular complexity index is 1360. The predicted molar refractivity (Wildman–Crippen MR) is 133 cm³/mol. The summed E-state index contributed by atoms with van der Waals surface area (Å²) in [6.45, 7) is 3.47. The first-order valence-corrected chi connectivity index (χ1v) is 11.3. The molecule has 4 rings (SSSR count). The minimum Gasteiger partial charge on any atom is -0.481 e. The van der Waals surface area contributed by atoms with Crippen LogP contribution in [0.2, 0.25) is 5.02 Å². The van der Waals surface area contributed by atoms with Gasteiger partial charge in [0.05, 0.1) is 6.42 Å². The molecule has 1 heterocycles. The number of benzene rings is 3. The number of ether oxygens (including phenoxy) is 1. The van der Waals surface area contributed by atoms with Gasteiger partial charge in [0, 0.05) is 16.1 Å². The third-order valence-corrected chi connectivity index (χ3v) is 5.82. The summed E-state index contributed by atoms with van der Waals surface area (Å²) in [5, 5.41) is 16.3. The van der Waals surface area contributed by atoms with E-state index in [-0.39, 0.29) is 6.42 Å². The molecule has 7 nitrogen and oxygen atoms in total. The molecule has 0 bridgehead atoms. The zero-order chi connectivity index (χ0) is 24.9. The van der Waals surface area contributed by atoms with Crippen LogP contribution in [0, 0.1) is 6.92 Å². The van der Waals surface area contributed by atoms with Gasteiger partial charge >= 0.3 is 12.1 Å². The Labute approximate surface area is 207 Å². The fourth-order valence-electron chi connectivity index (χ4n) is 3.72. The molecule has 8 heteroatoms. The van der Waals surface area contributed by atoms with Gasteiger partial charge in [-0.3, -0.25) is 10.1 Å². The van der Waals surface area contributed by atoms with Gasteiger partial charge in [0.2, 0.25) is 0 Å². The molecular formula is C27H23ClN2O5. The molecule has 1 aromatic heterocycles. The molecular weight excluding hydrogens is 468 g/mol. The number of hydrogen-bond acceptors (Lipinski definition) is 5. The smallest absolute Gasteiger partial charge is 0.412 e. The van der Waals surface area contributed by atoms with Crippen molar-refractivity contribution in [2.24, 2.45) is 0 Å². The average Bonchev–Trinajstić information content (AvgIpc) is 3.19. The Morgan fingerprint density at radius 2 is 1.74 bits per heavy atom. The molecule has 0 saturated carbocycles. The molecule has 178 valence electrons. The molecule has 0 aliphatic carbocycles. The molecule has 4 aromatic rings. The zero-order valence-electron chi connectivity index (χ0n) is 19.1. The van der Waals surface area contributed by atoms with Crippen molar-refractivity contribution in [1.29, 1.82) is 0 Å². The molecule has 1 atom stereocenters. The van der Waals surface area contributed by atoms with Gasteiger partial charge in [-0.15, -0.1) is 0 Å². The molecule has 1 unspecified atom stereocenters. The van der Waals surface area contributed by atoms with E-state index in [9.17, 15) is 9.59 Å². The second kappa shape index (κ2) is 10.4. The van der Waals surface area contributed by atoms with E-state index in [4.69, 9.17) is 26.0 Å². The Morgan fingerprint density at radius 1 is 1.03 bits per heavy atom. The van der Waals surface area contributed by atoms with Crippen molar-refractivity contribution in [1.82, 2.24) is 5.16 Å². The van der Waals surface area contributed by atoms with E-state index in [1.54, 1.807) is 32.0 Å². The molecule has 1 amide bonds. The summed E-state index contributed by atoms with van der Waals surface area (Å²) in [5.41, 5.74) is 4.88. The number of aromatic nitrogens is 1. The summed E-state index contributed by atoms with van der Waals surface area (Å²) in [4.78, 5) is 23.6. The van der Waals surface area contributed by atoms with Crippen LogP contribution >= 0.6 is 11.6 Å². The van der Waals surface area contributed by atoms with E-state index in [0.717, 1.165) is 16.7 Å². The van der Waals surface area contributed by atoms with Crippen LogP contribution in [0.1, 0.15) is 29.8 Å². The number of carboxylic acid groups (broad SMARTS) is 1. The lowest BCUT2D eigenvalue weighted by Gasteiger charge is -2.15. The molecule has 0 aliphatic rings. The maximum atomic E-state index is 12.6. The number of carbonyl (C=O) groups excluding carboxylic acids is 1. The number of aliphatic carboxylic acids is 1. The summed E-state index contributed by atoms with van der Waals surface area (Å²) < 4.78 is 11.0. The van der Waals surface area contributed by atoms with Gasteiger partial charge in [-0.05, 0) is 36.6 Å². The number of hydrogen-bond donors (Lipinski definition) is 2. The number of carboxylic acids is 1. The van der Waals surface area contributed by atoms with Crippen LogP contribution in [-0.4, -0.2) is 22.3 Å². The number of amides is 1. The van der Waals surface area contributed by atoms with Crippen LogP contribution in [-0.2, 0) is 16.0 Å². The highest BCUT2D eigenvalue weighted by molar-refractivity contribution is 6.31. The fourth-order valence-corrected chi connectivity index (χ4v) is 4.01. The lowest BCUT2D eigenvalue weighted by atomic mass is 10.00. The summed E-state index contributed by atoms with van der Waals surface area (Å²) in [6.07, 6.45) is -1.25. The van der Waals surface area contributed by atoms with E-state index in [0.29, 0.717) is 33.3 Å². The maximum absolute atomic E-state index is 12.6. The predicted octanol–water partition coefficient (Wildman–Crippen LogP) is 6.91. The highest BCUT2D eigenvalue weighted by Crippen LogP contribution is 2.33. The SMILES string of the molecule is Cc1noc(-c2ccc(-c3cccc(CC(=O)O)c3)cc2)c1NC(=O)OC(C)c1ccccc1Cl. The van der Waals surface area contributed by atoms with Crippen molar-refractivity contribution in [2.75, 3.05) is 5.32 Å². The number of nitrogens with one attached hydrogen (secondary N) is 1. The first-order valence-electron chi connectivity index (χ1n) is 10.9. The van der Waals surface area contributed by atoms with Gasteiger partial charge in [-0.1, -0.05) is 83.5 Å². The lowest BCUT2D eigenvalue weighted by Crippen LogP contribution is -2.17. The first-order chi connectivity index (χ1) is 16.8. The standard InChI is InChI=1S/C27H23ClN2O5/c1-16-25(29-27(33)34-17(2)22-8-3-4-9-23(22)28)26(35-30-16)20-12-10-19(11-13-20)21-7-5-6-18(14-21)15-24(31)32/h3-14,17H,15H2,1-2H3,(H,29,33)(H,31,32). The highest BCUT2D eigenvalue weighted by Gasteiger charge is 2.20. The van der Waals surface area contributed by atoms with E-state index < -0.39 is 18.2 Å². The van der Waals surface area contributed by atoms with Crippen LogP contribution in [0.5, 0.6) is 0 Å². The summed E-state index contributed by atoms with van der Waals surface area (Å²) >= 11 is 6.20. The van der Waals surface area contributed by atoms with Crippen molar-refractivity contribution in [2.45, 2.75) is 26.4 Å². The van der Waals surface area contributed by atoms with E-state index in [1.165, 1.54) is 0 Å². The van der Waals surface area contributed by atoms with E-state index in [2.05, 4.69) is 10.5 Å². The molecule has 0 radical (unpaired) electrons. The van der Waals surface area contributed by atoms with Crippen LogP contribution in [0.3, 0.4) is 0 Å². The minimum absolute atomic E-state index is 0.0382. The van der Waals surface area contributed by atoms with E-state index in [1.807, 2.05) is 54.6 Å². The summed E-state index contributed by atoms with van der Waals surface area (Å²) in [5.74, 6) is -0.478. The van der Waals surface area contributed by atoms with Gasteiger partial charge in [0.15, 0.2) is 5.76 Å². The summed E-state index contributed by atoms with van der Waals surface area (Å²) in [7, 11) is 0. The zero-order valence-corrected chi connectivity index (χ0v) is 19.9. The van der Waals surface area contributed by atoms with Gasteiger partial charge in [0.1, 0.15) is 17.5 Å². The Kier molecular flexibility index (Phi) is 7.17. The van der Waals surface area contributed by atoms with E-state index >= 15 is 0 Å². The molecule has 0 saturated heterocycles. The molecule has 3 aromatic carbocycles. The molecule has 35 heavy (non-hydrogen) atoms. The van der Waals surface area contributed by atoms with Gasteiger partial charge < -0.3 is 14.4 Å². The normalized spacial score (nSPS) is 11.6. The minimum atomic E-state index is -0.877. The van der Waals surface area contributed by atoms with Crippen LogP contribution in [0.15, 0.2) is 77.3 Å². The van der Waals surface area contributed by atoms with Crippen molar-refractivity contribution in [3.63, 3.8) is 0 Å². The van der Waals surface area contributed by atoms with Crippen molar-refractivity contribution in [3.8, 4) is 22.5 Å². The van der Waals surface area contributed by atoms with Gasteiger partial charge in [-0.2, -0.15) is 0 Å². The number of carbonyl (C=O) groups is 2. The van der Waals surface area contributed by atoms with Crippen LogP contribution in [0.4, 0.5) is 10.5 Å². The maximum Gasteiger partial charge on any atom is 0.412 e. The average molecular weight is 491 g/mol. The number of rotatable bonds is 7. The number of aryl methyl sites for hydroxylation is 1. The fraction of sp³-hybridized carbons (Fsp3) is 0.148. The third kappa shape index (κ3) is 5.70. The number of halogens is 1. The third-order valence-electron chi connectivity index (χ3n) is 5.48. The Hall–Kier alpha value is -4.10. The molecule has 2 N–H and O–H groups in total. The topological polar surface area (TPSA) is 102 Å². The van der Waals surface area contributed by atoms with Gasteiger partial charge in [0.25, 0.3) is 0 Å².